The van der Waals surface area contributed by atoms with Crippen molar-refractivity contribution in [3.8, 4) is 0 Å². The number of likely N-dealkylation sites (tertiary alicyclic amines) is 1. The average Bonchev–Trinajstić information content (AvgIpc) is 2.18. The van der Waals surface area contributed by atoms with Gasteiger partial charge in [-0.1, -0.05) is 33.3 Å². The summed E-state index contributed by atoms with van der Waals surface area (Å²) in [5.74, 6) is 0.222. The summed E-state index contributed by atoms with van der Waals surface area (Å²) in [7, 11) is 0. The van der Waals surface area contributed by atoms with E-state index in [1.807, 2.05) is 26.8 Å². The molecule has 0 aromatic rings. The summed E-state index contributed by atoms with van der Waals surface area (Å²) in [6, 6.07) is 0. The van der Waals surface area contributed by atoms with Gasteiger partial charge >= 0.3 is 0 Å². The highest BCUT2D eigenvalue weighted by Gasteiger charge is 2.17. The van der Waals surface area contributed by atoms with E-state index in [4.69, 9.17) is 0 Å². The van der Waals surface area contributed by atoms with Crippen molar-refractivity contribution in [2.75, 3.05) is 19.6 Å². The van der Waals surface area contributed by atoms with Crippen LogP contribution in [0.3, 0.4) is 0 Å². The van der Waals surface area contributed by atoms with Crippen molar-refractivity contribution >= 4 is 5.78 Å². The average molecular weight is 209 g/mol. The van der Waals surface area contributed by atoms with E-state index in [9.17, 15) is 4.79 Å². The molecule has 1 rings (SSSR count). The summed E-state index contributed by atoms with van der Waals surface area (Å²) in [5, 5.41) is 0. The highest BCUT2D eigenvalue weighted by atomic mass is 16.1. The predicted molar refractivity (Wildman–Crippen MR) is 63.9 cm³/mol. The zero-order chi connectivity index (χ0) is 11.3. The van der Waals surface area contributed by atoms with Gasteiger partial charge in [-0.25, -0.2) is 0 Å². The first-order valence-electron chi connectivity index (χ1n) is 5.93. The van der Waals surface area contributed by atoms with Crippen molar-refractivity contribution in [1.82, 2.24) is 4.90 Å². The van der Waals surface area contributed by atoms with Crippen molar-refractivity contribution in [3.63, 3.8) is 0 Å². The van der Waals surface area contributed by atoms with Crippen molar-refractivity contribution in [2.24, 2.45) is 5.41 Å². The molecule has 15 heavy (non-hydrogen) atoms. The van der Waals surface area contributed by atoms with Crippen LogP contribution in [0.25, 0.3) is 0 Å². The van der Waals surface area contributed by atoms with Gasteiger partial charge in [-0.05, 0) is 32.0 Å². The summed E-state index contributed by atoms with van der Waals surface area (Å²) < 4.78 is 0. The van der Waals surface area contributed by atoms with Gasteiger partial charge < -0.3 is 0 Å². The fourth-order valence-corrected chi connectivity index (χ4v) is 1.70. The second kappa shape index (κ2) is 5.45. The highest BCUT2D eigenvalue weighted by molar-refractivity contribution is 5.93. The minimum atomic E-state index is -0.238. The van der Waals surface area contributed by atoms with Crippen LogP contribution in [-0.4, -0.2) is 30.3 Å². The molecule has 0 amide bonds. The Morgan fingerprint density at radius 1 is 1.20 bits per heavy atom. The van der Waals surface area contributed by atoms with Gasteiger partial charge in [0.1, 0.15) is 0 Å². The molecule has 1 aliphatic rings. The van der Waals surface area contributed by atoms with Crippen LogP contribution in [0.4, 0.5) is 0 Å². The van der Waals surface area contributed by atoms with E-state index in [0.717, 1.165) is 6.54 Å². The van der Waals surface area contributed by atoms with E-state index in [2.05, 4.69) is 4.90 Å². The van der Waals surface area contributed by atoms with Crippen LogP contribution in [0.5, 0.6) is 0 Å². The van der Waals surface area contributed by atoms with Gasteiger partial charge in [-0.15, -0.1) is 0 Å². The Morgan fingerprint density at radius 2 is 1.80 bits per heavy atom. The van der Waals surface area contributed by atoms with E-state index in [-0.39, 0.29) is 11.2 Å². The number of hydrogen-bond acceptors (Lipinski definition) is 2. The Bertz CT molecular complexity index is 231. The Hall–Kier alpha value is -0.630. The second-order valence-corrected chi connectivity index (χ2v) is 5.38. The number of nitrogens with zero attached hydrogens (tertiary/aromatic N) is 1. The molecule has 0 aromatic carbocycles. The zero-order valence-corrected chi connectivity index (χ0v) is 10.3. The third-order valence-corrected chi connectivity index (χ3v) is 2.82. The quantitative estimate of drug-likeness (QED) is 0.666. The van der Waals surface area contributed by atoms with E-state index in [1.54, 1.807) is 6.08 Å². The third kappa shape index (κ3) is 4.61. The lowest BCUT2D eigenvalue weighted by molar-refractivity contribution is -0.121. The Kier molecular flexibility index (Phi) is 4.52. The molecule has 1 heterocycles. The van der Waals surface area contributed by atoms with Gasteiger partial charge in [-0.2, -0.15) is 0 Å². The molecule has 0 N–H and O–H groups in total. The van der Waals surface area contributed by atoms with Crippen LogP contribution < -0.4 is 0 Å². The molecule has 0 aromatic heterocycles. The topological polar surface area (TPSA) is 20.3 Å². The summed E-state index contributed by atoms with van der Waals surface area (Å²) >= 11 is 0. The molecule has 0 unspecified atom stereocenters. The van der Waals surface area contributed by atoms with Crippen LogP contribution in [0, 0.1) is 5.41 Å². The molecular formula is C13H23NO. The van der Waals surface area contributed by atoms with Crippen molar-refractivity contribution in [3.05, 3.63) is 12.2 Å². The van der Waals surface area contributed by atoms with Crippen molar-refractivity contribution in [1.29, 1.82) is 0 Å². The maximum atomic E-state index is 11.6. The molecule has 1 saturated heterocycles. The second-order valence-electron chi connectivity index (χ2n) is 5.38. The van der Waals surface area contributed by atoms with Gasteiger partial charge in [0.25, 0.3) is 0 Å². The number of carbonyl (C=O) groups is 1. The standard InChI is InChI=1S/C13H23NO/c1-13(2,3)12(15)8-7-11-14-9-5-4-6-10-14/h7-8H,4-6,9-11H2,1-3H3/b8-7+. The van der Waals surface area contributed by atoms with E-state index in [1.165, 1.54) is 32.4 Å². The Balaban J connectivity index is 2.29. The molecule has 86 valence electrons. The number of rotatable bonds is 3. The zero-order valence-electron chi connectivity index (χ0n) is 10.3. The molecule has 1 fully saturated rings. The molecule has 1 aliphatic heterocycles. The van der Waals surface area contributed by atoms with Crippen LogP contribution in [0.2, 0.25) is 0 Å². The van der Waals surface area contributed by atoms with Crippen LogP contribution in [0.1, 0.15) is 40.0 Å². The summed E-state index contributed by atoms with van der Waals surface area (Å²) in [6.07, 6.45) is 7.73. The van der Waals surface area contributed by atoms with Gasteiger partial charge in [0.2, 0.25) is 0 Å². The molecule has 0 saturated carbocycles. The molecule has 0 spiro atoms. The van der Waals surface area contributed by atoms with Crippen molar-refractivity contribution < 1.29 is 4.79 Å². The first-order chi connectivity index (χ1) is 7.00. The molecule has 0 atom stereocenters. The van der Waals surface area contributed by atoms with Crippen molar-refractivity contribution in [2.45, 2.75) is 40.0 Å². The van der Waals surface area contributed by atoms with Crippen LogP contribution >= 0.6 is 0 Å². The molecule has 2 nitrogen and oxygen atoms in total. The van der Waals surface area contributed by atoms with Gasteiger partial charge in [-0.3, -0.25) is 9.69 Å². The first-order valence-corrected chi connectivity index (χ1v) is 5.93. The molecule has 2 heteroatoms. The summed E-state index contributed by atoms with van der Waals surface area (Å²) in [4.78, 5) is 14.0. The van der Waals surface area contributed by atoms with Gasteiger partial charge in [0, 0.05) is 12.0 Å². The molecular weight excluding hydrogens is 186 g/mol. The monoisotopic (exact) mass is 209 g/mol. The SMILES string of the molecule is CC(C)(C)C(=O)/C=C/CN1CCCCC1. The number of ketones is 1. The molecule has 0 radical (unpaired) electrons. The number of allylic oxidation sites excluding steroid dienone is 1. The number of piperidine rings is 1. The number of hydrogen-bond donors (Lipinski definition) is 0. The highest BCUT2D eigenvalue weighted by Crippen LogP contribution is 2.15. The Labute approximate surface area is 93.3 Å². The third-order valence-electron chi connectivity index (χ3n) is 2.82. The molecule has 0 aliphatic carbocycles. The lowest BCUT2D eigenvalue weighted by atomic mass is 9.91. The minimum absolute atomic E-state index is 0.222. The van der Waals surface area contributed by atoms with Gasteiger partial charge in [0.15, 0.2) is 5.78 Å². The van der Waals surface area contributed by atoms with Crippen LogP contribution in [0.15, 0.2) is 12.2 Å². The smallest absolute Gasteiger partial charge is 0.160 e. The lowest BCUT2D eigenvalue weighted by Gasteiger charge is -2.24. The Morgan fingerprint density at radius 3 is 2.33 bits per heavy atom. The molecule has 0 bridgehead atoms. The first kappa shape index (κ1) is 12.4. The minimum Gasteiger partial charge on any atom is -0.300 e. The maximum Gasteiger partial charge on any atom is 0.160 e. The summed E-state index contributed by atoms with van der Waals surface area (Å²) in [6.45, 7) is 9.19. The van der Waals surface area contributed by atoms with E-state index >= 15 is 0 Å². The fraction of sp³-hybridized carbons (Fsp3) is 0.769. The van der Waals surface area contributed by atoms with Crippen LogP contribution in [-0.2, 0) is 4.79 Å². The largest absolute Gasteiger partial charge is 0.300 e. The van der Waals surface area contributed by atoms with E-state index in [0.29, 0.717) is 0 Å². The van der Waals surface area contributed by atoms with E-state index < -0.39 is 0 Å². The predicted octanol–water partition coefficient (Wildman–Crippen LogP) is 2.64. The summed E-state index contributed by atoms with van der Waals surface area (Å²) in [5.41, 5.74) is -0.238. The number of carbonyl (C=O) groups excluding carboxylic acids is 1. The van der Waals surface area contributed by atoms with Gasteiger partial charge in [0.05, 0.1) is 0 Å². The lowest BCUT2D eigenvalue weighted by Crippen LogP contribution is -2.30. The normalized spacial score (nSPS) is 19.7. The fourth-order valence-electron chi connectivity index (χ4n) is 1.70. The maximum absolute atomic E-state index is 11.6.